The molecule has 1 saturated heterocycles. The molecule has 1 aliphatic heterocycles. The van der Waals surface area contributed by atoms with E-state index in [-0.39, 0.29) is 11.6 Å². The Balaban J connectivity index is 1.45. The van der Waals surface area contributed by atoms with Crippen LogP contribution in [0.1, 0.15) is 53.0 Å². The number of piperidine rings is 1. The number of rotatable bonds is 6. The molecule has 0 bridgehead atoms. The molecule has 2 aliphatic carbocycles. The zero-order valence-electron chi connectivity index (χ0n) is 20.2. The number of aromatic nitrogens is 1. The molecule has 2 N–H and O–H groups in total. The third-order valence-corrected chi connectivity index (χ3v) is 8.00. The number of nitriles is 1. The molecule has 3 fully saturated rings. The van der Waals surface area contributed by atoms with Crippen LogP contribution < -0.4 is 16.2 Å². The van der Waals surface area contributed by atoms with Crippen molar-refractivity contribution >= 4 is 11.6 Å². The van der Waals surface area contributed by atoms with E-state index in [0.29, 0.717) is 23.1 Å². The molecular formula is C26H29F2N5O2. The second kappa shape index (κ2) is 8.16. The molecule has 35 heavy (non-hydrogen) atoms. The molecule has 0 radical (unpaired) electrons. The summed E-state index contributed by atoms with van der Waals surface area (Å²) in [5.41, 5.74) is 2.08. The number of nitrogens with zero attached hydrogens (tertiary/aromatic N) is 3. The summed E-state index contributed by atoms with van der Waals surface area (Å²) in [5.74, 6) is -3.52. The van der Waals surface area contributed by atoms with Crippen molar-refractivity contribution < 1.29 is 13.6 Å². The van der Waals surface area contributed by atoms with Crippen molar-refractivity contribution in [1.82, 2.24) is 14.8 Å². The standard InChI is InChI=1S/C26H29F2N5O2/c1-13-16(9-29)6-5-7-17(13)15(3)30-25(35)20-12-33(24-14(2)26(24,27)28)22(34)8-21(20)31-23-18-10-32(4)11-19(18)23/h5-8,12,14-15,18-19,23-24,31H,10-11H2,1-4H3,(H,30,35)/t14-,15-,18-,19+,23+,24-/m1/s1. The first-order valence-corrected chi connectivity index (χ1v) is 11.9. The summed E-state index contributed by atoms with van der Waals surface area (Å²) in [5, 5.41) is 15.6. The normalized spacial score (nSPS) is 29.1. The van der Waals surface area contributed by atoms with Crippen LogP contribution in [0.5, 0.6) is 0 Å². The molecule has 184 valence electrons. The van der Waals surface area contributed by atoms with Crippen LogP contribution in [0.4, 0.5) is 14.5 Å². The van der Waals surface area contributed by atoms with E-state index in [2.05, 4.69) is 28.7 Å². The van der Waals surface area contributed by atoms with Gasteiger partial charge in [-0.05, 0) is 49.9 Å². The van der Waals surface area contributed by atoms with Crippen molar-refractivity contribution in [3.8, 4) is 6.07 Å². The molecule has 0 unspecified atom stereocenters. The van der Waals surface area contributed by atoms with Crippen LogP contribution in [-0.4, -0.2) is 47.5 Å². The van der Waals surface area contributed by atoms with Crippen LogP contribution in [0, 0.1) is 36.0 Å². The number of nitrogens with one attached hydrogen (secondary N) is 2. The number of hydrogen-bond acceptors (Lipinski definition) is 5. The topological polar surface area (TPSA) is 90.2 Å². The van der Waals surface area contributed by atoms with Crippen molar-refractivity contribution in [1.29, 1.82) is 5.26 Å². The molecule has 2 heterocycles. The minimum absolute atomic E-state index is 0.154. The summed E-state index contributed by atoms with van der Waals surface area (Å²) < 4.78 is 29.3. The van der Waals surface area contributed by atoms with E-state index in [9.17, 15) is 23.6 Å². The van der Waals surface area contributed by atoms with Gasteiger partial charge in [-0.25, -0.2) is 8.78 Å². The molecule has 9 heteroatoms. The van der Waals surface area contributed by atoms with E-state index in [1.165, 1.54) is 19.2 Å². The Morgan fingerprint density at radius 3 is 2.54 bits per heavy atom. The number of likely N-dealkylation sites (tertiary alicyclic amines) is 1. The predicted octanol–water partition coefficient (Wildman–Crippen LogP) is 3.32. The number of hydrogen-bond donors (Lipinski definition) is 2. The molecule has 1 aromatic heterocycles. The van der Waals surface area contributed by atoms with Crippen molar-refractivity contribution in [2.75, 3.05) is 25.5 Å². The van der Waals surface area contributed by atoms with Crippen molar-refractivity contribution in [2.24, 2.45) is 17.8 Å². The van der Waals surface area contributed by atoms with Gasteiger partial charge < -0.3 is 20.1 Å². The molecule has 3 aliphatic rings. The Labute approximate surface area is 202 Å². The molecule has 1 aromatic carbocycles. The molecule has 7 nitrogen and oxygen atoms in total. The molecule has 2 saturated carbocycles. The number of amides is 1. The first-order chi connectivity index (χ1) is 16.5. The third-order valence-electron chi connectivity index (χ3n) is 8.00. The Morgan fingerprint density at radius 2 is 1.94 bits per heavy atom. The highest BCUT2D eigenvalue weighted by molar-refractivity contribution is 5.99. The maximum atomic E-state index is 14.1. The van der Waals surface area contributed by atoms with E-state index in [1.54, 1.807) is 12.1 Å². The highest BCUT2D eigenvalue weighted by atomic mass is 19.3. The lowest BCUT2D eigenvalue weighted by Gasteiger charge is -2.21. The van der Waals surface area contributed by atoms with Gasteiger partial charge in [0, 0.05) is 37.3 Å². The lowest BCUT2D eigenvalue weighted by molar-refractivity contribution is 0.0868. The van der Waals surface area contributed by atoms with Gasteiger partial charge in [0.25, 0.3) is 17.4 Å². The minimum Gasteiger partial charge on any atom is -0.381 e. The first-order valence-electron chi connectivity index (χ1n) is 11.9. The highest BCUT2D eigenvalue weighted by Gasteiger charge is 2.67. The van der Waals surface area contributed by atoms with Gasteiger partial charge in [0.1, 0.15) is 6.04 Å². The van der Waals surface area contributed by atoms with Crippen molar-refractivity contribution in [3.05, 3.63) is 63.1 Å². The number of benzene rings is 1. The summed E-state index contributed by atoms with van der Waals surface area (Å²) in [6.45, 7) is 6.92. The summed E-state index contributed by atoms with van der Waals surface area (Å²) in [6, 6.07) is 7.21. The fourth-order valence-electron chi connectivity index (χ4n) is 5.68. The lowest BCUT2D eigenvalue weighted by atomic mass is 9.98. The maximum absolute atomic E-state index is 14.1. The van der Waals surface area contributed by atoms with Gasteiger partial charge in [0.15, 0.2) is 0 Å². The summed E-state index contributed by atoms with van der Waals surface area (Å²) in [6.07, 6.45) is 1.28. The Bertz CT molecular complexity index is 1290. The smallest absolute Gasteiger partial charge is 0.273 e. The average molecular weight is 482 g/mol. The number of halogens is 2. The first kappa shape index (κ1) is 23.5. The largest absolute Gasteiger partial charge is 0.381 e. The van der Waals surface area contributed by atoms with Crippen LogP contribution in [0.3, 0.4) is 0 Å². The van der Waals surface area contributed by atoms with Crippen molar-refractivity contribution in [2.45, 2.75) is 44.8 Å². The summed E-state index contributed by atoms with van der Waals surface area (Å²) in [4.78, 5) is 28.5. The number of carbonyl (C=O) groups excluding carboxylic acids is 1. The van der Waals surface area contributed by atoms with E-state index in [0.717, 1.165) is 28.8 Å². The SMILES string of the molecule is Cc1c(C#N)cccc1[C@@H](C)NC(=O)c1cn([C@@H]2[C@@H](C)C2(F)F)c(=O)cc1N[C@H]1[C@@H]2CN(C)C[C@@H]21. The summed E-state index contributed by atoms with van der Waals surface area (Å²) in [7, 11) is 2.06. The maximum Gasteiger partial charge on any atom is 0.273 e. The fraction of sp³-hybridized carbons (Fsp3) is 0.500. The minimum atomic E-state index is -2.98. The zero-order valence-corrected chi connectivity index (χ0v) is 20.2. The third kappa shape index (κ3) is 3.90. The fourth-order valence-corrected chi connectivity index (χ4v) is 5.68. The van der Waals surface area contributed by atoms with Gasteiger partial charge in [-0.3, -0.25) is 9.59 Å². The number of fused-ring (bicyclic) bond motifs is 1. The van der Waals surface area contributed by atoms with Crippen LogP contribution in [0.15, 0.2) is 35.3 Å². The number of anilines is 1. The quantitative estimate of drug-likeness (QED) is 0.661. The van der Waals surface area contributed by atoms with E-state index in [4.69, 9.17) is 0 Å². The van der Waals surface area contributed by atoms with Crippen molar-refractivity contribution in [3.63, 3.8) is 0 Å². The molecule has 1 amide bonds. The number of alkyl halides is 2. The predicted molar refractivity (Wildman–Crippen MR) is 128 cm³/mol. The Hall–Kier alpha value is -3.25. The zero-order chi connectivity index (χ0) is 25.2. The van der Waals surface area contributed by atoms with Crippen LogP contribution in [0.2, 0.25) is 0 Å². The molecular weight excluding hydrogens is 452 g/mol. The van der Waals surface area contributed by atoms with E-state index < -0.39 is 35.4 Å². The lowest BCUT2D eigenvalue weighted by Crippen LogP contribution is -2.32. The Morgan fingerprint density at radius 1 is 1.29 bits per heavy atom. The average Bonchev–Trinajstić information content (AvgIpc) is 3.48. The van der Waals surface area contributed by atoms with E-state index in [1.807, 2.05) is 19.9 Å². The monoisotopic (exact) mass is 481 g/mol. The van der Waals surface area contributed by atoms with Gasteiger partial charge in [0.05, 0.1) is 28.9 Å². The second-order valence-corrected chi connectivity index (χ2v) is 10.3. The number of pyridine rings is 1. The summed E-state index contributed by atoms with van der Waals surface area (Å²) >= 11 is 0. The van der Waals surface area contributed by atoms with E-state index >= 15 is 0 Å². The second-order valence-electron chi connectivity index (χ2n) is 10.3. The van der Waals surface area contributed by atoms with Gasteiger partial charge in [-0.15, -0.1) is 0 Å². The van der Waals surface area contributed by atoms with Crippen LogP contribution in [0.25, 0.3) is 0 Å². The highest BCUT2D eigenvalue weighted by Crippen LogP contribution is 2.58. The van der Waals surface area contributed by atoms with Gasteiger partial charge >= 0.3 is 0 Å². The van der Waals surface area contributed by atoms with Gasteiger partial charge in [-0.1, -0.05) is 19.1 Å². The Kier molecular flexibility index (Phi) is 5.48. The molecule has 6 atom stereocenters. The molecule has 2 aromatic rings. The number of carbonyl (C=O) groups is 1. The molecule has 5 rings (SSSR count). The van der Waals surface area contributed by atoms with Crippen LogP contribution >= 0.6 is 0 Å². The van der Waals surface area contributed by atoms with Gasteiger partial charge in [-0.2, -0.15) is 5.26 Å². The van der Waals surface area contributed by atoms with Crippen LogP contribution in [-0.2, 0) is 0 Å². The van der Waals surface area contributed by atoms with Gasteiger partial charge in [0.2, 0.25) is 0 Å². The molecule has 0 spiro atoms.